The van der Waals surface area contributed by atoms with Crippen molar-refractivity contribution in [1.82, 2.24) is 16.0 Å². The highest BCUT2D eigenvalue weighted by Crippen LogP contribution is 2.08. The molecular weight excluding hydrogens is 490 g/mol. The van der Waals surface area contributed by atoms with E-state index in [1.807, 2.05) is 0 Å². The molecule has 0 saturated carbocycles. The number of hydrogen-bond acceptors (Lipinski definition) is 8. The third-order valence-corrected chi connectivity index (χ3v) is 4.98. The molecule has 4 unspecified atom stereocenters. The van der Waals surface area contributed by atoms with Crippen molar-refractivity contribution in [3.8, 4) is 0 Å². The Morgan fingerprint density at radius 1 is 0.784 bits per heavy atom. The standard InChI is InChI=1S/C21H39N9O7/c1-10(2)8-13(29-17(33)11(22)5-6-15(23)31)18(34)30-14(9-16(24)32)19(35)28-12(20(36)37)4-3-7-27-21(25)26/h10-14H,3-9,22H2,1-2H3,(H2,23,31)(H2,24,32)(H,28,35)(H,29,33)(H,30,34)(H,36,37)(H4,25,26,27). The first-order valence-corrected chi connectivity index (χ1v) is 11.6. The number of rotatable bonds is 18. The lowest BCUT2D eigenvalue weighted by Gasteiger charge is -2.25. The van der Waals surface area contributed by atoms with Gasteiger partial charge in [-0.05, 0) is 31.6 Å². The molecule has 210 valence electrons. The molecule has 0 radical (unpaired) electrons. The lowest BCUT2D eigenvalue weighted by Crippen LogP contribution is -2.58. The first kappa shape index (κ1) is 33.0. The molecule has 16 nitrogen and oxygen atoms in total. The molecule has 0 aliphatic heterocycles. The summed E-state index contributed by atoms with van der Waals surface area (Å²) in [6.07, 6.45) is -0.465. The molecule has 0 heterocycles. The number of nitrogens with one attached hydrogen (secondary N) is 3. The summed E-state index contributed by atoms with van der Waals surface area (Å²) in [6.45, 7) is 3.70. The van der Waals surface area contributed by atoms with E-state index in [4.69, 9.17) is 28.7 Å². The van der Waals surface area contributed by atoms with Gasteiger partial charge in [-0.2, -0.15) is 0 Å². The number of nitrogens with two attached hydrogens (primary N) is 5. The summed E-state index contributed by atoms with van der Waals surface area (Å²) < 4.78 is 0. The Morgan fingerprint density at radius 2 is 1.32 bits per heavy atom. The van der Waals surface area contributed by atoms with Crippen molar-refractivity contribution >= 4 is 41.5 Å². The molecule has 0 aliphatic carbocycles. The van der Waals surface area contributed by atoms with Crippen LogP contribution in [-0.2, 0) is 28.8 Å². The molecule has 0 aromatic carbocycles. The summed E-state index contributed by atoms with van der Waals surface area (Å²) in [6, 6.07) is -5.14. The number of carboxylic acids is 1. The molecule has 0 aromatic rings. The van der Waals surface area contributed by atoms with E-state index >= 15 is 0 Å². The van der Waals surface area contributed by atoms with Gasteiger partial charge in [0.1, 0.15) is 18.1 Å². The molecule has 0 fully saturated rings. The molecule has 16 heteroatoms. The maximum atomic E-state index is 13.0. The number of carbonyl (C=O) groups is 6. The average Bonchev–Trinajstić information content (AvgIpc) is 2.77. The monoisotopic (exact) mass is 529 g/mol. The maximum Gasteiger partial charge on any atom is 0.326 e. The van der Waals surface area contributed by atoms with Gasteiger partial charge in [0.05, 0.1) is 12.5 Å². The van der Waals surface area contributed by atoms with Crippen LogP contribution in [0.1, 0.15) is 52.4 Å². The molecule has 0 spiro atoms. The van der Waals surface area contributed by atoms with Crippen molar-refractivity contribution in [2.75, 3.05) is 6.54 Å². The van der Waals surface area contributed by atoms with Gasteiger partial charge in [0.25, 0.3) is 0 Å². The molecule has 37 heavy (non-hydrogen) atoms. The second-order valence-electron chi connectivity index (χ2n) is 8.88. The molecule has 0 aromatic heterocycles. The molecule has 0 aliphatic rings. The van der Waals surface area contributed by atoms with Crippen molar-refractivity contribution < 1.29 is 33.9 Å². The third-order valence-electron chi connectivity index (χ3n) is 4.98. The van der Waals surface area contributed by atoms with Crippen LogP contribution in [-0.4, -0.2) is 77.3 Å². The number of carboxylic acid groups (broad SMARTS) is 1. The zero-order chi connectivity index (χ0) is 28.7. The lowest BCUT2D eigenvalue weighted by atomic mass is 10.0. The van der Waals surface area contributed by atoms with Gasteiger partial charge in [-0.1, -0.05) is 13.8 Å². The van der Waals surface area contributed by atoms with E-state index in [-0.39, 0.29) is 50.5 Å². The van der Waals surface area contributed by atoms with Gasteiger partial charge in [-0.3, -0.25) is 29.0 Å². The predicted octanol–water partition coefficient (Wildman–Crippen LogP) is -3.91. The van der Waals surface area contributed by atoms with Gasteiger partial charge in [-0.15, -0.1) is 0 Å². The fraction of sp³-hybridized carbons (Fsp3) is 0.667. The summed E-state index contributed by atoms with van der Waals surface area (Å²) in [7, 11) is 0. The number of primary amides is 2. The zero-order valence-electron chi connectivity index (χ0n) is 21.1. The fourth-order valence-electron chi connectivity index (χ4n) is 3.13. The second-order valence-corrected chi connectivity index (χ2v) is 8.88. The Bertz CT molecular complexity index is 859. The first-order valence-electron chi connectivity index (χ1n) is 11.6. The van der Waals surface area contributed by atoms with E-state index in [9.17, 15) is 33.9 Å². The summed E-state index contributed by atoms with van der Waals surface area (Å²) in [5.74, 6) is -5.67. The van der Waals surface area contributed by atoms with E-state index in [2.05, 4.69) is 20.9 Å². The van der Waals surface area contributed by atoms with Gasteiger partial charge in [-0.25, -0.2) is 4.79 Å². The highest BCUT2D eigenvalue weighted by Gasteiger charge is 2.31. The minimum Gasteiger partial charge on any atom is -0.480 e. The molecule has 5 amide bonds. The maximum absolute atomic E-state index is 13.0. The molecule has 4 atom stereocenters. The Balaban J connectivity index is 5.48. The molecule has 0 saturated heterocycles. The van der Waals surface area contributed by atoms with Gasteiger partial charge < -0.3 is 49.7 Å². The highest BCUT2D eigenvalue weighted by atomic mass is 16.4. The van der Waals surface area contributed by atoms with Crippen LogP contribution in [0.15, 0.2) is 4.99 Å². The quantitative estimate of drug-likeness (QED) is 0.0472. The SMILES string of the molecule is CC(C)CC(NC(=O)C(N)CCC(N)=O)C(=O)NC(CC(N)=O)C(=O)NC(CCCN=C(N)N)C(=O)O. The third kappa shape index (κ3) is 14.9. The first-order chi connectivity index (χ1) is 17.1. The highest BCUT2D eigenvalue weighted by molar-refractivity contribution is 5.96. The minimum atomic E-state index is -1.51. The molecule has 0 rings (SSSR count). The van der Waals surface area contributed by atoms with E-state index in [1.165, 1.54) is 0 Å². The van der Waals surface area contributed by atoms with E-state index in [0.717, 1.165) is 0 Å². The number of carbonyl (C=O) groups excluding carboxylic acids is 5. The van der Waals surface area contributed by atoms with Crippen molar-refractivity contribution in [1.29, 1.82) is 0 Å². The Morgan fingerprint density at radius 3 is 1.81 bits per heavy atom. The van der Waals surface area contributed by atoms with Crippen LogP contribution < -0.4 is 44.6 Å². The Hall–Kier alpha value is -3.95. The number of guanidine groups is 1. The van der Waals surface area contributed by atoms with Crippen molar-refractivity contribution in [3.05, 3.63) is 0 Å². The lowest BCUT2D eigenvalue weighted by molar-refractivity contribution is -0.142. The van der Waals surface area contributed by atoms with Crippen molar-refractivity contribution in [2.24, 2.45) is 39.6 Å². The number of hydrogen-bond donors (Lipinski definition) is 9. The van der Waals surface area contributed by atoms with Crippen molar-refractivity contribution in [3.63, 3.8) is 0 Å². The van der Waals surface area contributed by atoms with Crippen LogP contribution in [0.2, 0.25) is 0 Å². The van der Waals surface area contributed by atoms with E-state index in [0.29, 0.717) is 0 Å². The Kier molecular flexibility index (Phi) is 14.9. The smallest absolute Gasteiger partial charge is 0.326 e. The van der Waals surface area contributed by atoms with E-state index < -0.39 is 66.1 Å². The molecular formula is C21H39N9O7. The molecule has 14 N–H and O–H groups in total. The number of nitrogens with zero attached hydrogens (tertiary/aromatic N) is 1. The largest absolute Gasteiger partial charge is 0.480 e. The van der Waals surface area contributed by atoms with Crippen molar-refractivity contribution in [2.45, 2.75) is 76.5 Å². The second kappa shape index (κ2) is 16.7. The van der Waals surface area contributed by atoms with Crippen LogP contribution >= 0.6 is 0 Å². The number of amides is 5. The minimum absolute atomic E-state index is 0.0374. The summed E-state index contributed by atoms with van der Waals surface area (Å²) in [5, 5.41) is 16.5. The summed E-state index contributed by atoms with van der Waals surface area (Å²) >= 11 is 0. The van der Waals surface area contributed by atoms with Crippen LogP contribution in [0.4, 0.5) is 0 Å². The number of aliphatic carboxylic acids is 1. The summed E-state index contributed by atoms with van der Waals surface area (Å²) in [4.78, 5) is 76.0. The van der Waals surface area contributed by atoms with E-state index in [1.54, 1.807) is 13.8 Å². The fourth-order valence-corrected chi connectivity index (χ4v) is 3.13. The normalized spacial score (nSPS) is 13.9. The summed E-state index contributed by atoms with van der Waals surface area (Å²) in [5.41, 5.74) is 26.5. The Labute approximate surface area is 214 Å². The topological polar surface area (TPSA) is 301 Å². The predicted molar refractivity (Wildman–Crippen MR) is 133 cm³/mol. The van der Waals surface area contributed by atoms with Gasteiger partial charge >= 0.3 is 5.97 Å². The number of aliphatic imine (C=N–C) groups is 1. The van der Waals surface area contributed by atoms with Crippen LogP contribution in [0.25, 0.3) is 0 Å². The van der Waals surface area contributed by atoms with Crippen LogP contribution in [0.5, 0.6) is 0 Å². The van der Waals surface area contributed by atoms with Gasteiger partial charge in [0, 0.05) is 13.0 Å². The van der Waals surface area contributed by atoms with Gasteiger partial charge in [0.15, 0.2) is 5.96 Å². The average molecular weight is 530 g/mol. The molecule has 0 bridgehead atoms. The zero-order valence-corrected chi connectivity index (χ0v) is 21.1. The van der Waals surface area contributed by atoms with Crippen LogP contribution in [0, 0.1) is 5.92 Å². The van der Waals surface area contributed by atoms with Gasteiger partial charge in [0.2, 0.25) is 29.5 Å². The van der Waals surface area contributed by atoms with Crippen LogP contribution in [0.3, 0.4) is 0 Å².